The molecule has 8 heteroatoms. The standard InChI is InChI=1S/C15H20N4O2S2/c1-8(2)19-12(20)11-9(3)10(7-18-6-5-16-14(18)22)23-13(11)17(4)15(19)21/h8H,5-7H2,1-4H3,(H,16,22). The zero-order valence-electron chi connectivity index (χ0n) is 13.7. The van der Waals surface area contributed by atoms with E-state index in [0.717, 1.165) is 33.5 Å². The van der Waals surface area contributed by atoms with Gasteiger partial charge in [0.1, 0.15) is 4.83 Å². The van der Waals surface area contributed by atoms with E-state index < -0.39 is 0 Å². The molecule has 0 spiro atoms. The van der Waals surface area contributed by atoms with Crippen LogP contribution in [-0.2, 0) is 13.6 Å². The molecule has 1 aliphatic heterocycles. The van der Waals surface area contributed by atoms with E-state index in [-0.39, 0.29) is 17.3 Å². The fraction of sp³-hybridized carbons (Fsp3) is 0.533. The fourth-order valence-corrected chi connectivity index (χ4v) is 4.45. The van der Waals surface area contributed by atoms with Crippen LogP contribution >= 0.6 is 23.6 Å². The van der Waals surface area contributed by atoms with Crippen LogP contribution in [0.2, 0.25) is 0 Å². The number of thiophene rings is 1. The Morgan fingerprint density at radius 3 is 2.61 bits per heavy atom. The predicted octanol–water partition coefficient (Wildman–Crippen LogP) is 1.34. The van der Waals surface area contributed by atoms with Crippen molar-refractivity contribution in [3.8, 4) is 0 Å². The summed E-state index contributed by atoms with van der Waals surface area (Å²) in [5.41, 5.74) is 0.499. The first-order valence-electron chi connectivity index (χ1n) is 7.59. The molecule has 0 aromatic carbocycles. The summed E-state index contributed by atoms with van der Waals surface area (Å²) in [5.74, 6) is 0. The van der Waals surface area contributed by atoms with Gasteiger partial charge in [-0.15, -0.1) is 11.3 Å². The molecular weight excluding hydrogens is 332 g/mol. The van der Waals surface area contributed by atoms with Crippen LogP contribution in [0.5, 0.6) is 0 Å². The highest BCUT2D eigenvalue weighted by molar-refractivity contribution is 7.80. The maximum Gasteiger partial charge on any atom is 0.332 e. The van der Waals surface area contributed by atoms with Crippen molar-refractivity contribution in [3.05, 3.63) is 31.3 Å². The van der Waals surface area contributed by atoms with E-state index in [2.05, 4.69) is 10.2 Å². The van der Waals surface area contributed by atoms with Gasteiger partial charge in [-0.3, -0.25) is 13.9 Å². The molecular formula is C15H20N4O2S2. The number of rotatable bonds is 3. The molecule has 1 N–H and O–H groups in total. The lowest BCUT2D eigenvalue weighted by molar-refractivity contribution is 0.467. The third-order valence-electron chi connectivity index (χ3n) is 4.25. The highest BCUT2D eigenvalue weighted by Gasteiger charge is 2.22. The monoisotopic (exact) mass is 352 g/mol. The molecule has 0 bridgehead atoms. The lowest BCUT2D eigenvalue weighted by atomic mass is 10.2. The van der Waals surface area contributed by atoms with Gasteiger partial charge in [0.05, 0.1) is 11.9 Å². The maximum absolute atomic E-state index is 12.8. The van der Waals surface area contributed by atoms with Crippen LogP contribution in [0.4, 0.5) is 0 Å². The van der Waals surface area contributed by atoms with E-state index in [1.54, 1.807) is 11.6 Å². The van der Waals surface area contributed by atoms with E-state index in [1.807, 2.05) is 20.8 Å². The van der Waals surface area contributed by atoms with Gasteiger partial charge in [-0.25, -0.2) is 4.79 Å². The topological polar surface area (TPSA) is 59.3 Å². The maximum atomic E-state index is 12.8. The number of fused-ring (bicyclic) bond motifs is 1. The first kappa shape index (κ1) is 16.2. The third kappa shape index (κ3) is 2.49. The number of thiocarbonyl (C=S) groups is 1. The summed E-state index contributed by atoms with van der Waals surface area (Å²) in [6, 6.07) is -0.163. The highest BCUT2D eigenvalue weighted by Crippen LogP contribution is 2.29. The molecule has 1 aliphatic rings. The van der Waals surface area contributed by atoms with Crippen molar-refractivity contribution in [2.24, 2.45) is 7.05 Å². The average molecular weight is 352 g/mol. The number of aromatic nitrogens is 2. The van der Waals surface area contributed by atoms with Gasteiger partial charge in [-0.1, -0.05) is 0 Å². The molecule has 0 amide bonds. The Kier molecular flexibility index (Phi) is 4.05. The molecule has 0 radical (unpaired) electrons. The summed E-state index contributed by atoms with van der Waals surface area (Å²) >= 11 is 6.80. The third-order valence-corrected chi connectivity index (χ3v) is 6.01. The lowest BCUT2D eigenvalue weighted by Crippen LogP contribution is -2.39. The first-order valence-corrected chi connectivity index (χ1v) is 8.81. The van der Waals surface area contributed by atoms with Gasteiger partial charge in [0.2, 0.25) is 0 Å². The van der Waals surface area contributed by atoms with E-state index >= 15 is 0 Å². The molecule has 6 nitrogen and oxygen atoms in total. The molecule has 0 aliphatic carbocycles. The summed E-state index contributed by atoms with van der Waals surface area (Å²) in [6.07, 6.45) is 0. The smallest absolute Gasteiger partial charge is 0.332 e. The molecule has 3 heterocycles. The molecule has 1 fully saturated rings. The second-order valence-electron chi connectivity index (χ2n) is 6.09. The van der Waals surface area contributed by atoms with E-state index in [0.29, 0.717) is 11.9 Å². The van der Waals surface area contributed by atoms with E-state index in [1.165, 1.54) is 15.9 Å². The van der Waals surface area contributed by atoms with Crippen molar-refractivity contribution in [1.29, 1.82) is 0 Å². The Balaban J connectivity index is 2.21. The van der Waals surface area contributed by atoms with Crippen molar-refractivity contribution in [3.63, 3.8) is 0 Å². The molecule has 3 rings (SSSR count). The van der Waals surface area contributed by atoms with Crippen LogP contribution in [-0.4, -0.2) is 32.2 Å². The summed E-state index contributed by atoms with van der Waals surface area (Å²) in [5, 5.41) is 4.54. The van der Waals surface area contributed by atoms with Gasteiger partial charge >= 0.3 is 5.69 Å². The molecule has 124 valence electrons. The van der Waals surface area contributed by atoms with Crippen molar-refractivity contribution in [2.75, 3.05) is 13.1 Å². The molecule has 0 saturated carbocycles. The van der Waals surface area contributed by atoms with Gasteiger partial charge in [0.25, 0.3) is 5.56 Å². The minimum Gasteiger partial charge on any atom is -0.361 e. The Morgan fingerprint density at radius 2 is 2.04 bits per heavy atom. The van der Waals surface area contributed by atoms with Gasteiger partial charge in [0, 0.05) is 31.1 Å². The summed E-state index contributed by atoms with van der Waals surface area (Å²) in [7, 11) is 1.73. The van der Waals surface area contributed by atoms with Crippen LogP contribution in [0, 0.1) is 6.92 Å². The first-order chi connectivity index (χ1) is 10.8. The van der Waals surface area contributed by atoms with Crippen molar-refractivity contribution < 1.29 is 0 Å². The minimum absolute atomic E-state index is 0.163. The Labute approximate surface area is 143 Å². The van der Waals surface area contributed by atoms with Crippen LogP contribution in [0.15, 0.2) is 9.59 Å². The SMILES string of the molecule is Cc1c(CN2CCNC2=S)sc2c1c(=O)n(C(C)C)c(=O)n2C. The normalized spacial score (nSPS) is 15.0. The Bertz CT molecular complexity index is 907. The van der Waals surface area contributed by atoms with E-state index in [9.17, 15) is 9.59 Å². The summed E-state index contributed by atoms with van der Waals surface area (Å²) in [6.45, 7) is 8.05. The average Bonchev–Trinajstić information content (AvgIpc) is 3.02. The molecule has 0 atom stereocenters. The predicted molar refractivity (Wildman–Crippen MR) is 97.5 cm³/mol. The van der Waals surface area contributed by atoms with Crippen molar-refractivity contribution in [2.45, 2.75) is 33.4 Å². The lowest BCUT2D eigenvalue weighted by Gasteiger charge is -2.15. The highest BCUT2D eigenvalue weighted by atomic mass is 32.1. The number of aryl methyl sites for hydroxylation is 2. The number of nitrogens with one attached hydrogen (secondary N) is 1. The van der Waals surface area contributed by atoms with Crippen molar-refractivity contribution in [1.82, 2.24) is 19.4 Å². The van der Waals surface area contributed by atoms with Crippen LogP contribution < -0.4 is 16.6 Å². The zero-order valence-corrected chi connectivity index (χ0v) is 15.3. The van der Waals surface area contributed by atoms with Crippen LogP contribution in [0.1, 0.15) is 30.3 Å². The van der Waals surface area contributed by atoms with Crippen molar-refractivity contribution >= 4 is 38.9 Å². The second kappa shape index (κ2) is 5.76. The zero-order chi connectivity index (χ0) is 16.9. The number of hydrogen-bond acceptors (Lipinski definition) is 4. The largest absolute Gasteiger partial charge is 0.361 e. The van der Waals surface area contributed by atoms with Gasteiger partial charge < -0.3 is 10.2 Å². The van der Waals surface area contributed by atoms with Crippen LogP contribution in [0.25, 0.3) is 10.2 Å². The summed E-state index contributed by atoms with van der Waals surface area (Å²) < 4.78 is 2.91. The van der Waals surface area contributed by atoms with Gasteiger partial charge in [-0.05, 0) is 38.6 Å². The van der Waals surface area contributed by atoms with Gasteiger partial charge in [-0.2, -0.15) is 0 Å². The second-order valence-corrected chi connectivity index (χ2v) is 7.56. The molecule has 1 saturated heterocycles. The Morgan fingerprint density at radius 1 is 1.35 bits per heavy atom. The fourth-order valence-electron chi connectivity index (χ4n) is 2.93. The molecule has 2 aromatic heterocycles. The molecule has 2 aromatic rings. The Hall–Kier alpha value is -1.67. The van der Waals surface area contributed by atoms with E-state index in [4.69, 9.17) is 12.2 Å². The minimum atomic E-state index is -0.260. The number of hydrogen-bond donors (Lipinski definition) is 1. The molecule has 0 unspecified atom stereocenters. The quantitative estimate of drug-likeness (QED) is 0.845. The molecule has 23 heavy (non-hydrogen) atoms. The van der Waals surface area contributed by atoms with Gasteiger partial charge in [0.15, 0.2) is 5.11 Å². The number of nitrogens with zero attached hydrogens (tertiary/aromatic N) is 3. The van der Waals surface area contributed by atoms with Crippen LogP contribution in [0.3, 0.4) is 0 Å². The summed E-state index contributed by atoms with van der Waals surface area (Å²) in [4.78, 5) is 29.1.